The fourth-order valence-electron chi connectivity index (χ4n) is 2.77. The summed E-state index contributed by atoms with van der Waals surface area (Å²) in [6, 6.07) is 26.8. The molecule has 110 valence electrons. The summed E-state index contributed by atoms with van der Waals surface area (Å²) < 4.78 is 0. The van der Waals surface area contributed by atoms with Crippen LogP contribution < -0.4 is 0 Å². The molecule has 1 heterocycles. The van der Waals surface area contributed by atoms with Crippen molar-refractivity contribution in [1.29, 1.82) is 0 Å². The van der Waals surface area contributed by atoms with Crippen molar-refractivity contribution in [3.63, 3.8) is 0 Å². The van der Waals surface area contributed by atoms with E-state index in [1.54, 1.807) is 0 Å². The van der Waals surface area contributed by atoms with Crippen molar-refractivity contribution < 1.29 is 0 Å². The molecule has 0 saturated carbocycles. The number of hydrogen-bond acceptors (Lipinski definition) is 2. The van der Waals surface area contributed by atoms with Crippen molar-refractivity contribution in [2.75, 3.05) is 0 Å². The third-order valence-corrected chi connectivity index (χ3v) is 3.93. The van der Waals surface area contributed by atoms with Crippen LogP contribution in [0.25, 0.3) is 33.5 Å². The molecule has 4 aromatic rings. The summed E-state index contributed by atoms with van der Waals surface area (Å²) in [7, 11) is 0. The average Bonchev–Trinajstić information content (AvgIpc) is 2.62. The van der Waals surface area contributed by atoms with Crippen LogP contribution in [0, 0.1) is 6.92 Å². The van der Waals surface area contributed by atoms with E-state index in [2.05, 4.69) is 37.3 Å². The highest BCUT2D eigenvalue weighted by Crippen LogP contribution is 2.29. The van der Waals surface area contributed by atoms with E-state index in [9.17, 15) is 0 Å². The van der Waals surface area contributed by atoms with Gasteiger partial charge < -0.3 is 0 Å². The highest BCUT2D eigenvalue weighted by molar-refractivity contribution is 5.93. The number of rotatable bonds is 2. The quantitative estimate of drug-likeness (QED) is 0.503. The van der Waals surface area contributed by atoms with E-state index in [-0.39, 0.29) is 0 Å². The van der Waals surface area contributed by atoms with Gasteiger partial charge in [0.25, 0.3) is 0 Å². The molecule has 0 aliphatic heterocycles. The van der Waals surface area contributed by atoms with Gasteiger partial charge in [-0.2, -0.15) is 0 Å². The number of aryl methyl sites for hydroxylation is 1. The summed E-state index contributed by atoms with van der Waals surface area (Å²) in [5, 5.41) is 1.08. The zero-order chi connectivity index (χ0) is 15.6. The summed E-state index contributed by atoms with van der Waals surface area (Å²) in [5.74, 6) is 0.766. The molecule has 0 unspecified atom stereocenters. The SMILES string of the molecule is Cc1ccc2c(-c3ccccc3)nc(-c3ccccc3)nc2c1. The van der Waals surface area contributed by atoms with Crippen LogP contribution in [0.5, 0.6) is 0 Å². The molecule has 0 saturated heterocycles. The van der Waals surface area contributed by atoms with Gasteiger partial charge >= 0.3 is 0 Å². The molecule has 1 aromatic heterocycles. The summed E-state index contributed by atoms with van der Waals surface area (Å²) in [5.41, 5.74) is 5.32. The predicted octanol–water partition coefficient (Wildman–Crippen LogP) is 5.27. The van der Waals surface area contributed by atoms with Gasteiger partial charge in [0, 0.05) is 16.5 Å². The molecule has 4 rings (SSSR count). The molecule has 0 aliphatic rings. The van der Waals surface area contributed by atoms with Gasteiger partial charge in [-0.3, -0.25) is 0 Å². The minimum absolute atomic E-state index is 0.766. The first-order valence-electron chi connectivity index (χ1n) is 7.70. The maximum atomic E-state index is 4.86. The number of benzene rings is 3. The standard InChI is InChI=1S/C21H16N2/c1-15-12-13-18-19(14-15)22-21(17-10-6-3-7-11-17)23-20(18)16-8-4-2-5-9-16/h2-14H,1H3. The highest BCUT2D eigenvalue weighted by Gasteiger charge is 2.11. The topological polar surface area (TPSA) is 25.8 Å². The first kappa shape index (κ1) is 13.6. The van der Waals surface area contributed by atoms with Crippen molar-refractivity contribution in [2.24, 2.45) is 0 Å². The van der Waals surface area contributed by atoms with Gasteiger partial charge in [-0.15, -0.1) is 0 Å². The minimum Gasteiger partial charge on any atom is -0.228 e. The first-order valence-corrected chi connectivity index (χ1v) is 7.70. The molecule has 0 amide bonds. The zero-order valence-corrected chi connectivity index (χ0v) is 12.9. The van der Waals surface area contributed by atoms with Crippen molar-refractivity contribution >= 4 is 10.9 Å². The fraction of sp³-hybridized carbons (Fsp3) is 0.0476. The second-order valence-corrected chi connectivity index (χ2v) is 5.65. The van der Waals surface area contributed by atoms with E-state index in [1.807, 2.05) is 48.5 Å². The molecule has 3 aromatic carbocycles. The van der Waals surface area contributed by atoms with E-state index in [0.717, 1.165) is 33.5 Å². The molecule has 0 N–H and O–H groups in total. The third kappa shape index (κ3) is 2.59. The fourth-order valence-corrected chi connectivity index (χ4v) is 2.77. The Labute approximate surface area is 135 Å². The molecule has 2 heteroatoms. The van der Waals surface area contributed by atoms with Gasteiger partial charge in [-0.1, -0.05) is 72.8 Å². The molecule has 0 atom stereocenters. The van der Waals surface area contributed by atoms with Gasteiger partial charge in [0.05, 0.1) is 11.2 Å². The normalized spacial score (nSPS) is 10.8. The average molecular weight is 296 g/mol. The van der Waals surface area contributed by atoms with Crippen LogP contribution in [0.1, 0.15) is 5.56 Å². The second-order valence-electron chi connectivity index (χ2n) is 5.65. The van der Waals surface area contributed by atoms with Gasteiger partial charge in [-0.05, 0) is 18.6 Å². The number of aromatic nitrogens is 2. The number of nitrogens with zero attached hydrogens (tertiary/aromatic N) is 2. The Morgan fingerprint density at radius 3 is 2.00 bits per heavy atom. The number of hydrogen-bond donors (Lipinski definition) is 0. The van der Waals surface area contributed by atoms with Crippen LogP contribution in [0.3, 0.4) is 0 Å². The minimum atomic E-state index is 0.766. The first-order chi connectivity index (χ1) is 11.3. The molecule has 0 fully saturated rings. The van der Waals surface area contributed by atoms with E-state index in [0.29, 0.717) is 0 Å². The Kier molecular flexibility index (Phi) is 3.35. The van der Waals surface area contributed by atoms with Crippen LogP contribution in [-0.2, 0) is 0 Å². The lowest BCUT2D eigenvalue weighted by Gasteiger charge is -2.10. The Morgan fingerprint density at radius 1 is 0.652 bits per heavy atom. The van der Waals surface area contributed by atoms with Gasteiger partial charge in [0.1, 0.15) is 0 Å². The maximum Gasteiger partial charge on any atom is 0.160 e. The zero-order valence-electron chi connectivity index (χ0n) is 12.9. The lowest BCUT2D eigenvalue weighted by molar-refractivity contribution is 1.22. The van der Waals surface area contributed by atoms with Crippen LogP contribution in [0.4, 0.5) is 0 Å². The molecule has 23 heavy (non-hydrogen) atoms. The molecule has 2 nitrogen and oxygen atoms in total. The summed E-state index contributed by atoms with van der Waals surface area (Å²) >= 11 is 0. The van der Waals surface area contributed by atoms with Crippen LogP contribution in [0.15, 0.2) is 78.9 Å². The van der Waals surface area contributed by atoms with Crippen LogP contribution >= 0.6 is 0 Å². The Hall–Kier alpha value is -3.00. The Bertz CT molecular complexity index is 961. The lowest BCUT2D eigenvalue weighted by atomic mass is 10.0. The molecular formula is C21H16N2. The summed E-state index contributed by atoms with van der Waals surface area (Å²) in [4.78, 5) is 9.64. The maximum absolute atomic E-state index is 4.86. The molecule has 0 radical (unpaired) electrons. The van der Waals surface area contributed by atoms with E-state index in [4.69, 9.17) is 9.97 Å². The van der Waals surface area contributed by atoms with E-state index >= 15 is 0 Å². The molecule has 0 bridgehead atoms. The van der Waals surface area contributed by atoms with E-state index < -0.39 is 0 Å². The van der Waals surface area contributed by atoms with Gasteiger partial charge in [0.2, 0.25) is 0 Å². The van der Waals surface area contributed by atoms with Crippen molar-refractivity contribution in [2.45, 2.75) is 6.92 Å². The second kappa shape index (κ2) is 5.65. The van der Waals surface area contributed by atoms with Gasteiger partial charge in [-0.25, -0.2) is 9.97 Å². The number of fused-ring (bicyclic) bond motifs is 1. The Morgan fingerprint density at radius 2 is 1.30 bits per heavy atom. The lowest BCUT2D eigenvalue weighted by Crippen LogP contribution is -1.95. The molecule has 0 spiro atoms. The predicted molar refractivity (Wildman–Crippen MR) is 95.1 cm³/mol. The highest BCUT2D eigenvalue weighted by atomic mass is 14.9. The monoisotopic (exact) mass is 296 g/mol. The van der Waals surface area contributed by atoms with Crippen molar-refractivity contribution in [3.05, 3.63) is 84.4 Å². The van der Waals surface area contributed by atoms with E-state index in [1.165, 1.54) is 5.56 Å². The Balaban J connectivity index is 2.03. The largest absolute Gasteiger partial charge is 0.228 e. The van der Waals surface area contributed by atoms with Crippen molar-refractivity contribution in [1.82, 2.24) is 9.97 Å². The summed E-state index contributed by atoms with van der Waals surface area (Å²) in [6.07, 6.45) is 0. The molecule has 0 aliphatic carbocycles. The van der Waals surface area contributed by atoms with Crippen LogP contribution in [0.2, 0.25) is 0 Å². The van der Waals surface area contributed by atoms with Crippen molar-refractivity contribution in [3.8, 4) is 22.6 Å². The third-order valence-electron chi connectivity index (χ3n) is 3.93. The summed E-state index contributed by atoms with van der Waals surface area (Å²) in [6.45, 7) is 2.09. The van der Waals surface area contributed by atoms with Crippen LogP contribution in [-0.4, -0.2) is 9.97 Å². The van der Waals surface area contributed by atoms with Gasteiger partial charge in [0.15, 0.2) is 5.82 Å². The molecular weight excluding hydrogens is 280 g/mol. The smallest absolute Gasteiger partial charge is 0.160 e.